The first-order valence-corrected chi connectivity index (χ1v) is 9.56. The molecule has 0 N–H and O–H groups in total. The monoisotopic (exact) mass is 309 g/mol. The number of hydrogen-bond donors (Lipinski definition) is 0. The van der Waals surface area contributed by atoms with Gasteiger partial charge in [0.1, 0.15) is 0 Å². The second kappa shape index (κ2) is 12.7. The standard InChI is InChI=1S/C13H31NO5Si/c1-6-15-14(16-7-2)12-11-13-20(17-8-3,18-9-4)19-10-5/h6-13H2,1-5H3. The van der Waals surface area contributed by atoms with Crippen LogP contribution >= 0.6 is 0 Å². The highest BCUT2D eigenvalue weighted by atomic mass is 28.4. The van der Waals surface area contributed by atoms with Gasteiger partial charge in [-0.3, -0.25) is 9.68 Å². The van der Waals surface area contributed by atoms with Gasteiger partial charge in [-0.2, -0.15) is 0 Å². The van der Waals surface area contributed by atoms with Gasteiger partial charge in [-0.1, -0.05) is 5.23 Å². The zero-order chi connectivity index (χ0) is 15.3. The summed E-state index contributed by atoms with van der Waals surface area (Å²) in [6.07, 6.45) is 0.840. The third-order valence-corrected chi connectivity index (χ3v) is 5.61. The van der Waals surface area contributed by atoms with Crippen molar-refractivity contribution in [3.8, 4) is 0 Å². The summed E-state index contributed by atoms with van der Waals surface area (Å²) >= 11 is 0. The summed E-state index contributed by atoms with van der Waals surface area (Å²) in [5.74, 6) is 0. The average Bonchev–Trinajstić information content (AvgIpc) is 2.40. The normalized spacial score (nSPS) is 12.3. The van der Waals surface area contributed by atoms with E-state index in [2.05, 4.69) is 0 Å². The Kier molecular flexibility index (Phi) is 12.7. The number of hydroxylamine groups is 2. The molecule has 0 rings (SSSR count). The Hall–Kier alpha value is -0.0231. The van der Waals surface area contributed by atoms with Crippen LogP contribution in [0.5, 0.6) is 0 Å². The molecular weight excluding hydrogens is 278 g/mol. The van der Waals surface area contributed by atoms with Gasteiger partial charge in [-0.15, -0.1) is 0 Å². The van der Waals surface area contributed by atoms with Crippen molar-refractivity contribution in [2.45, 2.75) is 47.1 Å². The molecule has 0 saturated carbocycles. The van der Waals surface area contributed by atoms with E-state index in [1.807, 2.05) is 34.6 Å². The Morgan fingerprint density at radius 2 is 1.15 bits per heavy atom. The fourth-order valence-corrected chi connectivity index (χ4v) is 4.47. The molecule has 0 unspecified atom stereocenters. The number of rotatable bonds is 14. The molecule has 6 nitrogen and oxygen atoms in total. The third kappa shape index (κ3) is 8.31. The maximum atomic E-state index is 5.81. The first-order chi connectivity index (χ1) is 9.67. The predicted octanol–water partition coefficient (Wildman–Crippen LogP) is 2.63. The molecule has 0 bridgehead atoms. The van der Waals surface area contributed by atoms with Crippen molar-refractivity contribution in [2.75, 3.05) is 39.6 Å². The molecule has 0 atom stereocenters. The molecule has 0 aliphatic heterocycles. The molecule has 0 aromatic rings. The average molecular weight is 309 g/mol. The van der Waals surface area contributed by atoms with E-state index in [0.717, 1.165) is 12.5 Å². The molecule has 0 aromatic carbocycles. The van der Waals surface area contributed by atoms with Crippen molar-refractivity contribution in [3.63, 3.8) is 0 Å². The summed E-state index contributed by atoms with van der Waals surface area (Å²) in [6.45, 7) is 13.4. The highest BCUT2D eigenvalue weighted by Crippen LogP contribution is 2.18. The van der Waals surface area contributed by atoms with Crippen LogP contribution < -0.4 is 0 Å². The lowest BCUT2D eigenvalue weighted by Gasteiger charge is -2.29. The van der Waals surface area contributed by atoms with E-state index in [1.54, 1.807) is 0 Å². The van der Waals surface area contributed by atoms with Gasteiger partial charge in [0.2, 0.25) is 0 Å². The molecular formula is C13H31NO5Si. The second-order valence-corrected chi connectivity index (χ2v) is 6.71. The van der Waals surface area contributed by atoms with Gasteiger partial charge >= 0.3 is 8.80 Å². The van der Waals surface area contributed by atoms with Gasteiger partial charge < -0.3 is 13.3 Å². The van der Waals surface area contributed by atoms with E-state index < -0.39 is 8.80 Å². The van der Waals surface area contributed by atoms with Crippen LogP contribution in [-0.2, 0) is 23.0 Å². The largest absolute Gasteiger partial charge is 0.500 e. The van der Waals surface area contributed by atoms with Crippen molar-refractivity contribution >= 4 is 8.80 Å². The number of nitrogens with zero attached hydrogens (tertiary/aromatic N) is 1. The quantitative estimate of drug-likeness (QED) is 0.363. The lowest BCUT2D eigenvalue weighted by Crippen LogP contribution is -2.46. The highest BCUT2D eigenvalue weighted by molar-refractivity contribution is 6.60. The first kappa shape index (κ1) is 20.0. The Morgan fingerprint density at radius 3 is 1.50 bits per heavy atom. The van der Waals surface area contributed by atoms with Crippen LogP contribution in [0.4, 0.5) is 0 Å². The summed E-state index contributed by atoms with van der Waals surface area (Å²) < 4.78 is 17.4. The maximum absolute atomic E-state index is 5.81. The summed E-state index contributed by atoms with van der Waals surface area (Å²) in [5.41, 5.74) is 0. The van der Waals surface area contributed by atoms with Gasteiger partial charge in [0.25, 0.3) is 0 Å². The molecule has 0 aliphatic carbocycles. The Balaban J connectivity index is 4.34. The Labute approximate surface area is 124 Å². The molecule has 0 aromatic heterocycles. The summed E-state index contributed by atoms with van der Waals surface area (Å²) in [4.78, 5) is 10.8. The topological polar surface area (TPSA) is 49.4 Å². The molecule has 0 heterocycles. The fourth-order valence-electron chi connectivity index (χ4n) is 1.88. The van der Waals surface area contributed by atoms with Crippen LogP contribution in [0.15, 0.2) is 0 Å². The summed E-state index contributed by atoms with van der Waals surface area (Å²) in [7, 11) is -2.55. The van der Waals surface area contributed by atoms with Crippen LogP contribution in [-0.4, -0.2) is 53.6 Å². The van der Waals surface area contributed by atoms with Crippen LogP contribution in [0.3, 0.4) is 0 Å². The molecule has 20 heavy (non-hydrogen) atoms. The highest BCUT2D eigenvalue weighted by Gasteiger charge is 2.39. The smallest absolute Gasteiger partial charge is 0.374 e. The Bertz CT molecular complexity index is 198. The molecule has 7 heteroatoms. The van der Waals surface area contributed by atoms with Crippen LogP contribution in [0, 0.1) is 0 Å². The zero-order valence-electron chi connectivity index (χ0n) is 13.6. The van der Waals surface area contributed by atoms with Crippen molar-refractivity contribution in [3.05, 3.63) is 0 Å². The van der Waals surface area contributed by atoms with Crippen LogP contribution in [0.25, 0.3) is 0 Å². The molecule has 0 spiro atoms. The van der Waals surface area contributed by atoms with Crippen molar-refractivity contribution < 1.29 is 23.0 Å². The summed E-state index contributed by atoms with van der Waals surface area (Å²) in [5, 5.41) is 1.53. The molecule has 0 fully saturated rings. The molecule has 122 valence electrons. The third-order valence-electron chi connectivity index (χ3n) is 2.46. The minimum Gasteiger partial charge on any atom is -0.374 e. The lowest BCUT2D eigenvalue weighted by atomic mass is 10.5. The van der Waals surface area contributed by atoms with Crippen LogP contribution in [0.2, 0.25) is 6.04 Å². The fraction of sp³-hybridized carbons (Fsp3) is 1.00. The zero-order valence-corrected chi connectivity index (χ0v) is 14.6. The number of hydrogen-bond acceptors (Lipinski definition) is 6. The van der Waals surface area contributed by atoms with Gasteiger partial charge in [-0.25, -0.2) is 0 Å². The van der Waals surface area contributed by atoms with Crippen molar-refractivity contribution in [2.24, 2.45) is 0 Å². The minimum atomic E-state index is -2.55. The molecule has 0 radical (unpaired) electrons. The van der Waals surface area contributed by atoms with E-state index in [0.29, 0.717) is 39.6 Å². The van der Waals surface area contributed by atoms with E-state index in [1.165, 1.54) is 5.23 Å². The maximum Gasteiger partial charge on any atom is 0.500 e. The van der Waals surface area contributed by atoms with E-state index in [-0.39, 0.29) is 0 Å². The molecule has 0 aliphatic rings. The second-order valence-electron chi connectivity index (χ2n) is 3.98. The molecule has 0 amide bonds. The van der Waals surface area contributed by atoms with E-state index in [4.69, 9.17) is 23.0 Å². The van der Waals surface area contributed by atoms with E-state index in [9.17, 15) is 0 Å². The molecule has 0 saturated heterocycles. The van der Waals surface area contributed by atoms with Crippen molar-refractivity contribution in [1.29, 1.82) is 0 Å². The first-order valence-electron chi connectivity index (χ1n) is 7.63. The lowest BCUT2D eigenvalue weighted by molar-refractivity contribution is -0.364. The van der Waals surface area contributed by atoms with Gasteiger partial charge in [0.15, 0.2) is 0 Å². The predicted molar refractivity (Wildman–Crippen MR) is 80.0 cm³/mol. The van der Waals surface area contributed by atoms with Gasteiger partial charge in [-0.05, 0) is 41.0 Å². The Morgan fingerprint density at radius 1 is 0.700 bits per heavy atom. The van der Waals surface area contributed by atoms with Crippen molar-refractivity contribution in [1.82, 2.24) is 5.23 Å². The summed E-state index contributed by atoms with van der Waals surface area (Å²) in [6, 6.07) is 0.763. The van der Waals surface area contributed by atoms with E-state index >= 15 is 0 Å². The van der Waals surface area contributed by atoms with Crippen LogP contribution in [0.1, 0.15) is 41.0 Å². The van der Waals surface area contributed by atoms with Gasteiger partial charge in [0, 0.05) is 25.9 Å². The minimum absolute atomic E-state index is 0.588. The SMILES string of the molecule is CCON(CCC[Si](OCC)(OCC)OCC)OCC. The van der Waals surface area contributed by atoms with Gasteiger partial charge in [0.05, 0.1) is 19.8 Å².